The molecule has 0 N–H and O–H groups in total. The van der Waals surface area contributed by atoms with E-state index in [0.717, 1.165) is 0 Å². The molecule has 5 nitrogen and oxygen atoms in total. The van der Waals surface area contributed by atoms with E-state index in [2.05, 4.69) is 20.7 Å². The molecule has 1 atom stereocenters. The second-order valence-electron chi connectivity index (χ2n) is 2.85. The molecule has 0 aromatic heterocycles. The van der Waals surface area contributed by atoms with Crippen LogP contribution in [0.3, 0.4) is 0 Å². The third-order valence-corrected chi connectivity index (χ3v) is 2.42. The second kappa shape index (κ2) is 4.54. The van der Waals surface area contributed by atoms with Gasteiger partial charge in [0.05, 0.1) is 6.61 Å². The van der Waals surface area contributed by atoms with Crippen LogP contribution in [-0.2, 0) is 14.3 Å². The van der Waals surface area contributed by atoms with Crippen molar-refractivity contribution in [1.29, 1.82) is 0 Å². The van der Waals surface area contributed by atoms with Crippen molar-refractivity contribution in [3.63, 3.8) is 0 Å². The average molecular weight is 264 g/mol. The van der Waals surface area contributed by atoms with Crippen LogP contribution in [0, 0.1) is 0 Å². The highest BCUT2D eigenvalue weighted by molar-refractivity contribution is 9.10. The number of carbonyl (C=O) groups is 3. The van der Waals surface area contributed by atoms with Crippen molar-refractivity contribution in [2.24, 2.45) is 0 Å². The van der Waals surface area contributed by atoms with Crippen LogP contribution in [0.15, 0.2) is 0 Å². The van der Waals surface area contributed by atoms with Crippen molar-refractivity contribution in [1.82, 2.24) is 4.90 Å². The standard InChI is InChI=1S/C8H10BrNO4/c1-2-3-14-8(13)10-6(11)4-5(9)7(10)12/h5H,2-4H2,1H3. The number of nitrogens with zero attached hydrogens (tertiary/aromatic N) is 1. The summed E-state index contributed by atoms with van der Waals surface area (Å²) in [5.41, 5.74) is 0. The molecule has 1 rings (SSSR count). The Kier molecular flexibility index (Phi) is 3.62. The zero-order valence-corrected chi connectivity index (χ0v) is 9.24. The first kappa shape index (κ1) is 11.2. The molecule has 78 valence electrons. The summed E-state index contributed by atoms with van der Waals surface area (Å²) < 4.78 is 4.69. The largest absolute Gasteiger partial charge is 0.449 e. The normalized spacial score (nSPS) is 21.6. The Hall–Kier alpha value is -0.910. The molecule has 1 unspecified atom stereocenters. The molecule has 3 amide bonds. The molecule has 1 saturated heterocycles. The first-order valence-corrected chi connectivity index (χ1v) is 5.17. The van der Waals surface area contributed by atoms with Crippen LogP contribution in [0.25, 0.3) is 0 Å². The lowest BCUT2D eigenvalue weighted by Gasteiger charge is -2.11. The van der Waals surface area contributed by atoms with E-state index in [4.69, 9.17) is 0 Å². The minimum absolute atomic E-state index is 0.0139. The molecule has 1 heterocycles. The predicted molar refractivity (Wildman–Crippen MR) is 50.8 cm³/mol. The third-order valence-electron chi connectivity index (χ3n) is 1.70. The lowest BCUT2D eigenvalue weighted by Crippen LogP contribution is -2.37. The maximum atomic E-state index is 11.3. The van der Waals surface area contributed by atoms with Crippen LogP contribution < -0.4 is 0 Å². The second-order valence-corrected chi connectivity index (χ2v) is 3.96. The predicted octanol–water partition coefficient (Wildman–Crippen LogP) is 1.06. The summed E-state index contributed by atoms with van der Waals surface area (Å²) in [6.45, 7) is 2.04. The molecule has 0 bridgehead atoms. The minimum Gasteiger partial charge on any atom is -0.449 e. The molecular formula is C8H10BrNO4. The van der Waals surface area contributed by atoms with E-state index in [1.807, 2.05) is 6.92 Å². The number of carbonyl (C=O) groups excluding carboxylic acids is 3. The van der Waals surface area contributed by atoms with Gasteiger partial charge in [0, 0.05) is 6.42 Å². The fraction of sp³-hybridized carbons (Fsp3) is 0.625. The molecule has 1 fully saturated rings. The van der Waals surface area contributed by atoms with Crippen molar-refractivity contribution in [3.8, 4) is 0 Å². The highest BCUT2D eigenvalue weighted by Crippen LogP contribution is 2.20. The summed E-state index contributed by atoms with van der Waals surface area (Å²) in [5.74, 6) is -1.06. The van der Waals surface area contributed by atoms with Crippen molar-refractivity contribution in [2.75, 3.05) is 6.61 Å². The fourth-order valence-electron chi connectivity index (χ4n) is 1.04. The first-order chi connectivity index (χ1) is 6.57. The van der Waals surface area contributed by atoms with Gasteiger partial charge in [-0.25, -0.2) is 4.79 Å². The number of rotatable bonds is 2. The third kappa shape index (κ3) is 2.12. The topological polar surface area (TPSA) is 63.7 Å². The van der Waals surface area contributed by atoms with Gasteiger partial charge < -0.3 is 4.74 Å². The highest BCUT2D eigenvalue weighted by atomic mass is 79.9. The van der Waals surface area contributed by atoms with Gasteiger partial charge >= 0.3 is 6.09 Å². The number of halogens is 1. The monoisotopic (exact) mass is 263 g/mol. The van der Waals surface area contributed by atoms with Crippen LogP contribution >= 0.6 is 15.9 Å². The summed E-state index contributed by atoms with van der Waals surface area (Å²) in [5, 5.41) is 0. The average Bonchev–Trinajstić information content (AvgIpc) is 2.38. The van der Waals surface area contributed by atoms with Crippen LogP contribution in [0.2, 0.25) is 0 Å². The quantitative estimate of drug-likeness (QED) is 0.552. The molecule has 14 heavy (non-hydrogen) atoms. The van der Waals surface area contributed by atoms with Gasteiger partial charge in [0.25, 0.3) is 5.91 Å². The highest BCUT2D eigenvalue weighted by Gasteiger charge is 2.42. The van der Waals surface area contributed by atoms with E-state index in [1.54, 1.807) is 0 Å². The minimum atomic E-state index is -0.871. The van der Waals surface area contributed by atoms with Crippen molar-refractivity contribution >= 4 is 33.8 Å². The lowest BCUT2D eigenvalue weighted by atomic mass is 10.4. The Labute approximate surface area is 89.5 Å². The molecule has 0 aromatic carbocycles. The first-order valence-electron chi connectivity index (χ1n) is 4.25. The number of amides is 3. The number of alkyl halides is 1. The maximum absolute atomic E-state index is 11.3. The van der Waals surface area contributed by atoms with Crippen LogP contribution in [0.1, 0.15) is 19.8 Å². The zero-order valence-electron chi connectivity index (χ0n) is 7.66. The Morgan fingerprint density at radius 1 is 1.64 bits per heavy atom. The summed E-state index contributed by atoms with van der Waals surface area (Å²) in [7, 11) is 0. The van der Waals surface area contributed by atoms with Crippen LogP contribution in [0.4, 0.5) is 4.79 Å². The van der Waals surface area contributed by atoms with E-state index in [-0.39, 0.29) is 13.0 Å². The fourth-order valence-corrected chi connectivity index (χ4v) is 1.52. The van der Waals surface area contributed by atoms with E-state index in [9.17, 15) is 14.4 Å². The summed E-state index contributed by atoms with van der Waals surface area (Å²) in [6, 6.07) is 0. The smallest absolute Gasteiger partial charge is 0.423 e. The van der Waals surface area contributed by atoms with Gasteiger partial charge in [0.15, 0.2) is 0 Å². The van der Waals surface area contributed by atoms with E-state index >= 15 is 0 Å². The van der Waals surface area contributed by atoms with Crippen molar-refractivity contribution in [2.45, 2.75) is 24.6 Å². The summed E-state index contributed by atoms with van der Waals surface area (Å²) in [6.07, 6.45) is -0.205. The van der Waals surface area contributed by atoms with E-state index < -0.39 is 22.7 Å². The Bertz CT molecular complexity index is 279. The van der Waals surface area contributed by atoms with Crippen LogP contribution in [-0.4, -0.2) is 34.2 Å². The number of imide groups is 3. The molecular weight excluding hydrogens is 254 g/mol. The number of ether oxygens (including phenoxy) is 1. The lowest BCUT2D eigenvalue weighted by molar-refractivity contribution is -0.135. The van der Waals surface area contributed by atoms with Gasteiger partial charge in [0.2, 0.25) is 5.91 Å². The van der Waals surface area contributed by atoms with Gasteiger partial charge in [-0.2, -0.15) is 4.90 Å². The summed E-state index contributed by atoms with van der Waals surface area (Å²) in [4.78, 5) is 33.6. The molecule has 0 radical (unpaired) electrons. The van der Waals surface area contributed by atoms with Crippen LogP contribution in [0.5, 0.6) is 0 Å². The van der Waals surface area contributed by atoms with Gasteiger partial charge in [-0.15, -0.1) is 0 Å². The molecule has 6 heteroatoms. The molecule has 1 aliphatic rings. The Morgan fingerprint density at radius 3 is 2.71 bits per heavy atom. The molecule has 1 aliphatic heterocycles. The number of hydrogen-bond donors (Lipinski definition) is 0. The van der Waals surface area contributed by atoms with Gasteiger partial charge in [0.1, 0.15) is 4.83 Å². The molecule has 0 saturated carbocycles. The van der Waals surface area contributed by atoms with Gasteiger partial charge in [-0.05, 0) is 6.42 Å². The number of likely N-dealkylation sites (tertiary alicyclic amines) is 1. The molecule has 0 aliphatic carbocycles. The Morgan fingerprint density at radius 2 is 2.29 bits per heavy atom. The SMILES string of the molecule is CCCOC(=O)N1C(=O)CC(Br)C1=O. The Balaban J connectivity index is 2.63. The van der Waals surface area contributed by atoms with Gasteiger partial charge in [-0.3, -0.25) is 9.59 Å². The zero-order chi connectivity index (χ0) is 10.7. The molecule has 0 aromatic rings. The maximum Gasteiger partial charge on any atom is 0.423 e. The number of hydrogen-bond acceptors (Lipinski definition) is 4. The van der Waals surface area contributed by atoms with E-state index in [1.165, 1.54) is 0 Å². The summed E-state index contributed by atoms with van der Waals surface area (Å²) >= 11 is 3.00. The van der Waals surface area contributed by atoms with Crippen molar-refractivity contribution in [3.05, 3.63) is 0 Å². The molecule has 0 spiro atoms. The van der Waals surface area contributed by atoms with E-state index in [0.29, 0.717) is 11.3 Å². The van der Waals surface area contributed by atoms with Crippen molar-refractivity contribution < 1.29 is 19.1 Å². The van der Waals surface area contributed by atoms with Gasteiger partial charge in [-0.1, -0.05) is 22.9 Å².